The highest BCUT2D eigenvalue weighted by Crippen LogP contribution is 2.22. The van der Waals surface area contributed by atoms with Gasteiger partial charge < -0.3 is 10.2 Å². The summed E-state index contributed by atoms with van der Waals surface area (Å²) >= 11 is 0. The van der Waals surface area contributed by atoms with Crippen LogP contribution in [0.25, 0.3) is 5.69 Å². The van der Waals surface area contributed by atoms with Crippen molar-refractivity contribution in [3.63, 3.8) is 0 Å². The molecule has 166 valence electrons. The Kier molecular flexibility index (Phi) is 5.84. The number of hydrogen-bond acceptors (Lipinski definition) is 4. The van der Waals surface area contributed by atoms with Crippen molar-refractivity contribution in [2.75, 3.05) is 18.9 Å². The van der Waals surface area contributed by atoms with Gasteiger partial charge in [0.15, 0.2) is 0 Å². The number of amidine groups is 1. The molecule has 0 unspecified atom stereocenters. The Morgan fingerprint density at radius 3 is 2.62 bits per heavy atom. The van der Waals surface area contributed by atoms with Gasteiger partial charge in [-0.15, -0.1) is 4.40 Å². The van der Waals surface area contributed by atoms with Crippen LogP contribution < -0.4 is 5.32 Å². The maximum Gasteiger partial charge on any atom is 0.284 e. The highest BCUT2D eigenvalue weighted by molar-refractivity contribution is 7.90. The molecule has 0 spiro atoms. The van der Waals surface area contributed by atoms with Gasteiger partial charge in [0, 0.05) is 25.7 Å². The maximum absolute atomic E-state index is 12.9. The van der Waals surface area contributed by atoms with E-state index in [9.17, 15) is 13.2 Å². The molecule has 2 heterocycles. The lowest BCUT2D eigenvalue weighted by molar-refractivity contribution is 0.102. The van der Waals surface area contributed by atoms with Crippen molar-refractivity contribution >= 4 is 27.5 Å². The number of likely N-dealkylation sites (tertiary alicyclic amines) is 1. The Morgan fingerprint density at radius 2 is 1.91 bits per heavy atom. The molecular formula is C23H25N5O3S. The van der Waals surface area contributed by atoms with Crippen molar-refractivity contribution in [3.05, 3.63) is 71.5 Å². The number of nitrogens with one attached hydrogen (secondary N) is 1. The van der Waals surface area contributed by atoms with Gasteiger partial charge in [-0.05, 0) is 50.1 Å². The SMILES string of the molecule is Cc1ccccc1-n1ncc(C(=O)Nc2cccc(S(=O)(=O)/N=C3\CCCN3C)c2)c1C. The van der Waals surface area contributed by atoms with Crippen molar-refractivity contribution in [1.82, 2.24) is 14.7 Å². The Hall–Kier alpha value is -3.46. The molecule has 1 amide bonds. The third-order valence-corrected chi connectivity index (χ3v) is 6.85. The summed E-state index contributed by atoms with van der Waals surface area (Å²) in [7, 11) is -2.04. The van der Waals surface area contributed by atoms with E-state index in [1.54, 1.807) is 16.8 Å². The first-order chi connectivity index (χ1) is 15.3. The number of carbonyl (C=O) groups is 1. The largest absolute Gasteiger partial charge is 0.362 e. The van der Waals surface area contributed by atoms with E-state index < -0.39 is 10.0 Å². The fourth-order valence-corrected chi connectivity index (χ4v) is 4.85. The topological polar surface area (TPSA) is 96.7 Å². The highest BCUT2D eigenvalue weighted by Gasteiger charge is 2.21. The lowest BCUT2D eigenvalue weighted by atomic mass is 10.2. The average Bonchev–Trinajstić information content (AvgIpc) is 3.33. The van der Waals surface area contributed by atoms with Crippen LogP contribution in [0.15, 0.2) is 64.0 Å². The lowest BCUT2D eigenvalue weighted by Gasteiger charge is -2.11. The number of rotatable bonds is 5. The van der Waals surface area contributed by atoms with Crippen LogP contribution in [0.2, 0.25) is 0 Å². The van der Waals surface area contributed by atoms with Gasteiger partial charge in [0.2, 0.25) is 0 Å². The molecule has 1 aromatic heterocycles. The predicted octanol–water partition coefficient (Wildman–Crippen LogP) is 3.55. The molecule has 9 heteroatoms. The zero-order chi connectivity index (χ0) is 22.9. The number of aryl methyl sites for hydroxylation is 1. The second kappa shape index (κ2) is 8.58. The Labute approximate surface area is 187 Å². The lowest BCUT2D eigenvalue weighted by Crippen LogP contribution is -2.20. The first-order valence-corrected chi connectivity index (χ1v) is 11.8. The van der Waals surface area contributed by atoms with E-state index >= 15 is 0 Å². The van der Waals surface area contributed by atoms with Gasteiger partial charge >= 0.3 is 0 Å². The molecule has 1 N–H and O–H groups in total. The second-order valence-corrected chi connectivity index (χ2v) is 9.44. The smallest absolute Gasteiger partial charge is 0.284 e. The number of amides is 1. The predicted molar refractivity (Wildman–Crippen MR) is 124 cm³/mol. The number of nitrogens with zero attached hydrogens (tertiary/aromatic N) is 4. The molecule has 1 aliphatic heterocycles. The molecule has 2 aromatic carbocycles. The van der Waals surface area contributed by atoms with Gasteiger partial charge in [0.1, 0.15) is 5.84 Å². The summed E-state index contributed by atoms with van der Waals surface area (Å²) in [5.74, 6) is 0.192. The van der Waals surface area contributed by atoms with Gasteiger partial charge in [0.05, 0.1) is 28.0 Å². The number of aromatic nitrogens is 2. The molecule has 0 radical (unpaired) electrons. The summed E-state index contributed by atoms with van der Waals surface area (Å²) < 4.78 is 31.2. The van der Waals surface area contributed by atoms with Gasteiger partial charge in [-0.3, -0.25) is 4.79 Å². The van der Waals surface area contributed by atoms with Crippen LogP contribution in [-0.4, -0.2) is 48.4 Å². The molecule has 0 bridgehead atoms. The first-order valence-electron chi connectivity index (χ1n) is 10.3. The van der Waals surface area contributed by atoms with E-state index in [-0.39, 0.29) is 10.8 Å². The van der Waals surface area contributed by atoms with Crippen molar-refractivity contribution in [2.45, 2.75) is 31.6 Å². The molecule has 8 nitrogen and oxygen atoms in total. The summed E-state index contributed by atoms with van der Waals surface area (Å²) in [6.45, 7) is 4.60. The highest BCUT2D eigenvalue weighted by atomic mass is 32.2. The molecule has 1 fully saturated rings. The van der Waals surface area contributed by atoms with E-state index in [0.717, 1.165) is 24.2 Å². The Bertz CT molecular complexity index is 1310. The fraction of sp³-hybridized carbons (Fsp3) is 0.261. The third kappa shape index (κ3) is 4.29. The monoisotopic (exact) mass is 451 g/mol. The van der Waals surface area contributed by atoms with E-state index in [1.165, 1.54) is 18.3 Å². The van der Waals surface area contributed by atoms with Crippen molar-refractivity contribution in [3.8, 4) is 5.69 Å². The number of sulfonamides is 1. The van der Waals surface area contributed by atoms with Crippen LogP contribution in [0, 0.1) is 13.8 Å². The van der Waals surface area contributed by atoms with E-state index in [1.807, 2.05) is 50.1 Å². The quantitative estimate of drug-likeness (QED) is 0.640. The van der Waals surface area contributed by atoms with Gasteiger partial charge in [-0.1, -0.05) is 24.3 Å². The zero-order valence-corrected chi connectivity index (χ0v) is 19.1. The van der Waals surface area contributed by atoms with E-state index in [2.05, 4.69) is 14.8 Å². The number of hydrogen-bond donors (Lipinski definition) is 1. The van der Waals surface area contributed by atoms with Gasteiger partial charge in [0.25, 0.3) is 15.9 Å². The molecule has 4 rings (SSSR count). The van der Waals surface area contributed by atoms with E-state index in [4.69, 9.17) is 0 Å². The zero-order valence-electron chi connectivity index (χ0n) is 18.2. The molecule has 0 saturated carbocycles. The van der Waals surface area contributed by atoms with Crippen LogP contribution in [0.1, 0.15) is 34.5 Å². The molecular weight excluding hydrogens is 426 g/mol. The second-order valence-electron chi connectivity index (χ2n) is 7.83. The minimum absolute atomic E-state index is 0.0374. The van der Waals surface area contributed by atoms with Crippen LogP contribution >= 0.6 is 0 Å². The summed E-state index contributed by atoms with van der Waals surface area (Å²) in [4.78, 5) is 14.8. The molecule has 3 aromatic rings. The van der Waals surface area contributed by atoms with Gasteiger partial charge in [-0.2, -0.15) is 13.5 Å². The van der Waals surface area contributed by atoms with E-state index in [0.29, 0.717) is 29.2 Å². The normalized spacial score (nSPS) is 15.3. The first kappa shape index (κ1) is 21.8. The minimum Gasteiger partial charge on any atom is -0.362 e. The van der Waals surface area contributed by atoms with Crippen LogP contribution in [0.4, 0.5) is 5.69 Å². The molecule has 0 atom stereocenters. The molecule has 32 heavy (non-hydrogen) atoms. The summed E-state index contributed by atoms with van der Waals surface area (Å²) in [6.07, 6.45) is 3.03. The Morgan fingerprint density at radius 1 is 1.12 bits per heavy atom. The average molecular weight is 452 g/mol. The van der Waals surface area contributed by atoms with Crippen molar-refractivity contribution in [2.24, 2.45) is 4.40 Å². The number of para-hydroxylation sites is 1. The molecule has 0 aliphatic carbocycles. The summed E-state index contributed by atoms with van der Waals surface area (Å²) in [5.41, 5.74) is 3.41. The number of anilines is 1. The molecule has 1 saturated heterocycles. The standard InChI is InChI=1S/C23H25N5O3S/c1-16-8-4-5-11-21(16)28-17(2)20(15-24-28)23(29)25-18-9-6-10-19(14-18)32(30,31)26-22-12-7-13-27(22)3/h4-6,8-11,14-15H,7,12-13H2,1-3H3,(H,25,29)/b26-22+. The van der Waals surface area contributed by atoms with Gasteiger partial charge in [-0.25, -0.2) is 4.68 Å². The van der Waals surface area contributed by atoms with Crippen LogP contribution in [-0.2, 0) is 10.0 Å². The summed E-state index contributed by atoms with van der Waals surface area (Å²) in [6, 6.07) is 13.9. The number of benzene rings is 2. The van der Waals surface area contributed by atoms with Crippen molar-refractivity contribution < 1.29 is 13.2 Å². The summed E-state index contributed by atoms with van der Waals surface area (Å²) in [5, 5.41) is 7.15. The van der Waals surface area contributed by atoms with Crippen LogP contribution in [0.5, 0.6) is 0 Å². The number of carbonyl (C=O) groups excluding carboxylic acids is 1. The fourth-order valence-electron chi connectivity index (χ4n) is 3.71. The van der Waals surface area contributed by atoms with Crippen molar-refractivity contribution in [1.29, 1.82) is 0 Å². The minimum atomic E-state index is -3.87. The maximum atomic E-state index is 12.9. The Balaban J connectivity index is 1.57. The molecule has 1 aliphatic rings. The third-order valence-electron chi connectivity index (χ3n) is 5.55. The van der Waals surface area contributed by atoms with Crippen LogP contribution in [0.3, 0.4) is 0 Å².